The van der Waals surface area contributed by atoms with E-state index in [4.69, 9.17) is 5.73 Å². The summed E-state index contributed by atoms with van der Waals surface area (Å²) in [4.78, 5) is 16.3. The van der Waals surface area contributed by atoms with Crippen LogP contribution < -0.4 is 5.73 Å². The Bertz CT molecular complexity index is 272. The zero-order valence-corrected chi connectivity index (χ0v) is 7.38. The summed E-state index contributed by atoms with van der Waals surface area (Å²) in [7, 11) is 0. The first-order chi connectivity index (χ1) is 5.79. The first-order valence-electron chi connectivity index (χ1n) is 3.93. The normalized spacial score (nSPS) is 32.8. The molecule has 12 heavy (non-hydrogen) atoms. The van der Waals surface area contributed by atoms with Crippen LogP contribution in [0.5, 0.6) is 0 Å². The van der Waals surface area contributed by atoms with E-state index in [0.29, 0.717) is 5.92 Å². The molecule has 1 fully saturated rings. The number of fused-ring (bicyclic) bond motifs is 1. The maximum absolute atomic E-state index is 11.0. The van der Waals surface area contributed by atoms with E-state index in [1.54, 1.807) is 11.8 Å². The van der Waals surface area contributed by atoms with Crippen molar-refractivity contribution in [2.45, 2.75) is 6.42 Å². The lowest BCUT2D eigenvalue weighted by molar-refractivity contribution is -0.121. The van der Waals surface area contributed by atoms with Gasteiger partial charge in [0, 0.05) is 29.0 Å². The molecule has 2 aliphatic heterocycles. The van der Waals surface area contributed by atoms with E-state index in [1.165, 1.54) is 4.91 Å². The second kappa shape index (κ2) is 2.94. The molecule has 0 saturated carbocycles. The molecule has 0 aliphatic carbocycles. The predicted octanol–water partition coefficient (Wildman–Crippen LogP) is 0.767. The molecule has 0 bridgehead atoms. The third-order valence-corrected chi connectivity index (χ3v) is 3.58. The minimum atomic E-state index is -0.175. The van der Waals surface area contributed by atoms with Gasteiger partial charge >= 0.3 is 0 Å². The molecule has 1 amide bonds. The Labute approximate surface area is 75.1 Å². The van der Waals surface area contributed by atoms with Gasteiger partial charge in [-0.15, -0.1) is 11.8 Å². The van der Waals surface area contributed by atoms with Crippen LogP contribution in [-0.2, 0) is 4.79 Å². The van der Waals surface area contributed by atoms with Crippen molar-refractivity contribution >= 4 is 23.9 Å². The van der Waals surface area contributed by atoms with E-state index in [2.05, 4.69) is 4.99 Å². The Morgan fingerprint density at radius 1 is 1.75 bits per heavy atom. The van der Waals surface area contributed by atoms with Gasteiger partial charge in [0.2, 0.25) is 5.91 Å². The summed E-state index contributed by atoms with van der Waals surface area (Å²) < 4.78 is 0. The lowest BCUT2D eigenvalue weighted by Gasteiger charge is -2.15. The van der Waals surface area contributed by atoms with Gasteiger partial charge in [-0.25, -0.2) is 0 Å². The number of rotatable bonds is 1. The van der Waals surface area contributed by atoms with Gasteiger partial charge < -0.3 is 5.73 Å². The Morgan fingerprint density at radius 3 is 3.33 bits per heavy atom. The van der Waals surface area contributed by atoms with Gasteiger partial charge in [-0.2, -0.15) is 0 Å². The maximum atomic E-state index is 11.0. The van der Waals surface area contributed by atoms with Crippen LogP contribution in [0.4, 0.5) is 0 Å². The van der Waals surface area contributed by atoms with Crippen molar-refractivity contribution in [1.29, 1.82) is 0 Å². The molecule has 64 valence electrons. The van der Waals surface area contributed by atoms with E-state index in [0.717, 1.165) is 12.2 Å². The fourth-order valence-electron chi connectivity index (χ4n) is 1.60. The molecular weight excluding hydrogens is 172 g/mol. The van der Waals surface area contributed by atoms with Crippen LogP contribution in [0.2, 0.25) is 0 Å². The van der Waals surface area contributed by atoms with Gasteiger partial charge in [-0.05, 0) is 6.42 Å². The molecule has 3 nitrogen and oxygen atoms in total. The van der Waals surface area contributed by atoms with Crippen LogP contribution in [0.25, 0.3) is 0 Å². The fraction of sp³-hybridized carbons (Fsp3) is 0.500. The highest BCUT2D eigenvalue weighted by atomic mass is 32.2. The molecule has 0 aromatic rings. The van der Waals surface area contributed by atoms with Crippen LogP contribution in [-0.4, -0.2) is 17.9 Å². The third kappa shape index (κ3) is 1.16. The highest BCUT2D eigenvalue weighted by Crippen LogP contribution is 2.43. The second-order valence-electron chi connectivity index (χ2n) is 3.03. The van der Waals surface area contributed by atoms with Crippen LogP contribution in [0.1, 0.15) is 6.42 Å². The first kappa shape index (κ1) is 7.86. The number of aliphatic imine (C=N–C) groups is 1. The molecule has 4 heteroatoms. The molecular formula is C8H10N2OS. The lowest BCUT2D eigenvalue weighted by Crippen LogP contribution is -2.29. The van der Waals surface area contributed by atoms with Crippen LogP contribution in [0.15, 0.2) is 16.1 Å². The van der Waals surface area contributed by atoms with Gasteiger partial charge in [0.1, 0.15) is 0 Å². The number of nitrogens with two attached hydrogens (primary N) is 1. The number of hydrogen-bond acceptors (Lipinski definition) is 3. The van der Waals surface area contributed by atoms with E-state index < -0.39 is 0 Å². The van der Waals surface area contributed by atoms with Crippen LogP contribution in [0, 0.1) is 11.8 Å². The Morgan fingerprint density at radius 2 is 2.58 bits per heavy atom. The molecule has 0 aromatic carbocycles. The Kier molecular flexibility index (Phi) is 1.92. The van der Waals surface area contributed by atoms with Gasteiger partial charge in [0.05, 0.1) is 5.92 Å². The zero-order chi connectivity index (χ0) is 8.55. The van der Waals surface area contributed by atoms with Gasteiger partial charge in [-0.3, -0.25) is 9.79 Å². The highest BCUT2D eigenvalue weighted by Gasteiger charge is 2.36. The summed E-state index contributed by atoms with van der Waals surface area (Å²) in [6.07, 6.45) is 4.57. The summed E-state index contributed by atoms with van der Waals surface area (Å²) in [6.45, 7) is 0. The zero-order valence-electron chi connectivity index (χ0n) is 6.56. The number of amides is 1. The van der Waals surface area contributed by atoms with Crippen LogP contribution >= 0.6 is 11.8 Å². The van der Waals surface area contributed by atoms with E-state index in [-0.39, 0.29) is 11.8 Å². The van der Waals surface area contributed by atoms with Crippen molar-refractivity contribution in [2.24, 2.45) is 22.6 Å². The molecule has 1 saturated heterocycles. The maximum Gasteiger partial charge on any atom is 0.222 e. The lowest BCUT2D eigenvalue weighted by atomic mass is 9.90. The molecule has 0 aromatic heterocycles. The second-order valence-corrected chi connectivity index (χ2v) is 4.12. The number of hydrogen-bond donors (Lipinski definition) is 1. The SMILES string of the molecule is NC(=O)C1CSC2=CN=CCC21. The monoisotopic (exact) mass is 182 g/mol. The topological polar surface area (TPSA) is 55.5 Å². The minimum absolute atomic E-state index is 0.0213. The summed E-state index contributed by atoms with van der Waals surface area (Å²) in [5.74, 6) is 0.999. The standard InChI is InChI=1S/C8H10N2OS/c9-8(11)6-4-12-7-3-10-2-1-5(6)7/h2-3,5-6H,1,4H2,(H2,9,11). The number of thioether (sulfide) groups is 1. The van der Waals surface area contributed by atoms with Gasteiger partial charge in [-0.1, -0.05) is 0 Å². The molecule has 2 atom stereocenters. The van der Waals surface area contributed by atoms with Crippen molar-refractivity contribution in [3.63, 3.8) is 0 Å². The summed E-state index contributed by atoms with van der Waals surface area (Å²) >= 11 is 1.71. The number of allylic oxidation sites excluding steroid dienone is 1. The van der Waals surface area contributed by atoms with Crippen molar-refractivity contribution in [1.82, 2.24) is 0 Å². The quantitative estimate of drug-likeness (QED) is 0.651. The van der Waals surface area contributed by atoms with Gasteiger partial charge in [0.15, 0.2) is 0 Å². The largest absolute Gasteiger partial charge is 0.369 e. The Hall–Kier alpha value is -0.770. The van der Waals surface area contributed by atoms with Crippen molar-refractivity contribution in [3.05, 3.63) is 11.1 Å². The smallest absolute Gasteiger partial charge is 0.222 e. The fourth-order valence-corrected chi connectivity index (χ4v) is 2.98. The number of nitrogens with zero attached hydrogens (tertiary/aromatic N) is 1. The summed E-state index contributed by atoms with van der Waals surface area (Å²) in [5.41, 5.74) is 5.28. The van der Waals surface area contributed by atoms with Crippen LogP contribution in [0.3, 0.4) is 0 Å². The highest BCUT2D eigenvalue weighted by molar-refractivity contribution is 8.03. The Balaban J connectivity index is 2.20. The average molecular weight is 182 g/mol. The molecule has 2 aliphatic rings. The minimum Gasteiger partial charge on any atom is -0.369 e. The number of primary amides is 1. The molecule has 0 spiro atoms. The van der Waals surface area contributed by atoms with Crippen molar-refractivity contribution in [2.75, 3.05) is 5.75 Å². The number of carbonyl (C=O) groups excluding carboxylic acids is 1. The van der Waals surface area contributed by atoms with Gasteiger partial charge in [0.25, 0.3) is 0 Å². The average Bonchev–Trinajstić information content (AvgIpc) is 2.47. The van der Waals surface area contributed by atoms with Crippen molar-refractivity contribution < 1.29 is 4.79 Å². The van der Waals surface area contributed by atoms with E-state index in [1.807, 2.05) is 12.4 Å². The van der Waals surface area contributed by atoms with E-state index in [9.17, 15) is 4.79 Å². The van der Waals surface area contributed by atoms with E-state index >= 15 is 0 Å². The van der Waals surface area contributed by atoms with Crippen molar-refractivity contribution in [3.8, 4) is 0 Å². The molecule has 0 radical (unpaired) electrons. The predicted molar refractivity (Wildman–Crippen MR) is 49.8 cm³/mol. The molecule has 2 unspecified atom stereocenters. The molecule has 2 heterocycles. The first-order valence-corrected chi connectivity index (χ1v) is 4.91. The molecule has 2 N–H and O–H groups in total. The summed E-state index contributed by atoms with van der Waals surface area (Å²) in [6, 6.07) is 0. The summed E-state index contributed by atoms with van der Waals surface area (Å²) in [5, 5.41) is 0. The third-order valence-electron chi connectivity index (χ3n) is 2.31. The number of carbonyl (C=O) groups is 1. The molecule has 2 rings (SSSR count).